The molecule has 0 aliphatic heterocycles. The fraction of sp³-hybridized carbons (Fsp3) is 0.857. The van der Waals surface area contributed by atoms with E-state index in [1.54, 1.807) is 0 Å². The molecular formula is C14H29ClN2O3. The first-order chi connectivity index (χ1) is 8.56. The molecule has 0 aromatic heterocycles. The predicted molar refractivity (Wildman–Crippen MR) is 82.7 cm³/mol. The molecule has 0 rings (SSSR count). The summed E-state index contributed by atoms with van der Waals surface area (Å²) in [5.74, 6) is -0.445. The van der Waals surface area contributed by atoms with Gasteiger partial charge in [0.15, 0.2) is 0 Å². The second-order valence-electron chi connectivity index (χ2n) is 6.59. The third kappa shape index (κ3) is 9.15. The van der Waals surface area contributed by atoms with Crippen LogP contribution in [0.3, 0.4) is 0 Å². The highest BCUT2D eigenvalue weighted by Gasteiger charge is 2.27. The van der Waals surface area contributed by atoms with E-state index in [0.29, 0.717) is 12.8 Å². The first-order valence-electron chi connectivity index (χ1n) is 6.70. The maximum Gasteiger partial charge on any atom is 0.328 e. The molecule has 20 heavy (non-hydrogen) atoms. The average Bonchev–Trinajstić information content (AvgIpc) is 2.23. The minimum atomic E-state index is -0.622. The summed E-state index contributed by atoms with van der Waals surface area (Å²) < 4.78 is 4.70. The number of carbonyl (C=O) groups is 2. The number of amides is 1. The Bertz CT molecular complexity index is 314. The standard InChI is InChI=1S/C14H28N2O3.ClH/c1-9(2)7-11(13(18)19-6)16-12(17)10(15)8-14(3,4)5;/h9-11H,7-8,15H2,1-6H3,(H,16,17);1H. The quantitative estimate of drug-likeness (QED) is 0.734. The average molecular weight is 309 g/mol. The van der Waals surface area contributed by atoms with E-state index >= 15 is 0 Å². The number of ether oxygens (including phenoxy) is 1. The first-order valence-corrected chi connectivity index (χ1v) is 6.70. The highest BCUT2D eigenvalue weighted by atomic mass is 35.5. The van der Waals surface area contributed by atoms with Gasteiger partial charge in [0.05, 0.1) is 13.2 Å². The number of esters is 1. The summed E-state index contributed by atoms with van der Waals surface area (Å²) in [6.45, 7) is 10.0. The van der Waals surface area contributed by atoms with Gasteiger partial charge >= 0.3 is 5.97 Å². The zero-order chi connectivity index (χ0) is 15.2. The molecule has 0 aliphatic carbocycles. The number of nitrogens with two attached hydrogens (primary N) is 1. The van der Waals surface area contributed by atoms with Gasteiger partial charge in [-0.1, -0.05) is 34.6 Å². The smallest absolute Gasteiger partial charge is 0.328 e. The third-order valence-electron chi connectivity index (χ3n) is 2.68. The van der Waals surface area contributed by atoms with Crippen molar-refractivity contribution in [2.75, 3.05) is 7.11 Å². The molecule has 1 amide bonds. The molecule has 0 aliphatic rings. The van der Waals surface area contributed by atoms with Gasteiger partial charge < -0.3 is 15.8 Å². The van der Waals surface area contributed by atoms with E-state index in [0.717, 1.165) is 0 Å². The van der Waals surface area contributed by atoms with Crippen LogP contribution < -0.4 is 11.1 Å². The summed E-state index contributed by atoms with van der Waals surface area (Å²) in [5, 5.41) is 2.68. The number of hydrogen-bond donors (Lipinski definition) is 2. The zero-order valence-electron chi connectivity index (χ0n) is 13.4. The van der Waals surface area contributed by atoms with Crippen molar-refractivity contribution in [2.24, 2.45) is 17.1 Å². The minimum Gasteiger partial charge on any atom is -0.467 e. The monoisotopic (exact) mass is 308 g/mol. The summed E-state index contributed by atoms with van der Waals surface area (Å²) in [7, 11) is 1.32. The number of nitrogens with one attached hydrogen (secondary N) is 1. The molecule has 2 atom stereocenters. The molecule has 0 radical (unpaired) electrons. The summed E-state index contributed by atoms with van der Waals surface area (Å²) in [5.41, 5.74) is 5.83. The van der Waals surface area contributed by atoms with E-state index in [4.69, 9.17) is 10.5 Å². The Balaban J connectivity index is 0. The van der Waals surface area contributed by atoms with Crippen LogP contribution in [0.25, 0.3) is 0 Å². The first kappa shape index (κ1) is 21.5. The van der Waals surface area contributed by atoms with Crippen molar-refractivity contribution in [3.63, 3.8) is 0 Å². The van der Waals surface area contributed by atoms with Gasteiger partial charge in [0.1, 0.15) is 6.04 Å². The molecule has 0 spiro atoms. The SMILES string of the molecule is COC(=O)C(CC(C)C)NC(=O)C(N)CC(C)(C)C.Cl. The molecule has 0 bridgehead atoms. The van der Waals surface area contributed by atoms with Crippen LogP contribution in [-0.4, -0.2) is 31.1 Å². The van der Waals surface area contributed by atoms with Crippen molar-refractivity contribution >= 4 is 24.3 Å². The Morgan fingerprint density at radius 3 is 2.10 bits per heavy atom. The highest BCUT2D eigenvalue weighted by molar-refractivity contribution is 5.87. The van der Waals surface area contributed by atoms with Gasteiger partial charge in [-0.2, -0.15) is 0 Å². The normalized spacial score (nSPS) is 14.2. The van der Waals surface area contributed by atoms with Crippen LogP contribution in [0.1, 0.15) is 47.5 Å². The molecule has 0 heterocycles. The summed E-state index contributed by atoms with van der Waals surface area (Å²) in [4.78, 5) is 23.6. The summed E-state index contributed by atoms with van der Waals surface area (Å²) in [6.07, 6.45) is 1.11. The van der Waals surface area contributed by atoms with Crippen LogP contribution in [0.2, 0.25) is 0 Å². The maximum atomic E-state index is 12.0. The Hall–Kier alpha value is -0.810. The second kappa shape index (κ2) is 9.19. The second-order valence-corrected chi connectivity index (χ2v) is 6.59. The molecular weight excluding hydrogens is 280 g/mol. The fourth-order valence-corrected chi connectivity index (χ4v) is 1.86. The van der Waals surface area contributed by atoms with Crippen LogP contribution in [0.5, 0.6) is 0 Å². The van der Waals surface area contributed by atoms with Crippen molar-refractivity contribution in [1.29, 1.82) is 0 Å². The Morgan fingerprint density at radius 2 is 1.75 bits per heavy atom. The van der Waals surface area contributed by atoms with Gasteiger partial charge in [-0.15, -0.1) is 12.4 Å². The number of methoxy groups -OCH3 is 1. The molecule has 0 aromatic carbocycles. The molecule has 3 N–H and O–H groups in total. The van der Waals surface area contributed by atoms with E-state index in [2.05, 4.69) is 5.32 Å². The molecule has 0 saturated heterocycles. The van der Waals surface area contributed by atoms with Crippen molar-refractivity contribution in [3.05, 3.63) is 0 Å². The number of carbonyl (C=O) groups excluding carboxylic acids is 2. The Kier molecular flexibility index (Phi) is 9.87. The lowest BCUT2D eigenvalue weighted by molar-refractivity contribution is -0.145. The molecule has 0 aromatic rings. The molecule has 120 valence electrons. The topological polar surface area (TPSA) is 81.4 Å². The minimum absolute atomic E-state index is 0. The summed E-state index contributed by atoms with van der Waals surface area (Å²) in [6, 6.07) is -1.23. The van der Waals surface area contributed by atoms with Gasteiger partial charge in [0.25, 0.3) is 0 Å². The number of hydrogen-bond acceptors (Lipinski definition) is 4. The van der Waals surface area contributed by atoms with Crippen molar-refractivity contribution < 1.29 is 14.3 Å². The lowest BCUT2D eigenvalue weighted by Crippen LogP contribution is -2.50. The van der Waals surface area contributed by atoms with Crippen LogP contribution in [0.4, 0.5) is 0 Å². The van der Waals surface area contributed by atoms with Gasteiger partial charge in [-0.3, -0.25) is 4.79 Å². The van der Waals surface area contributed by atoms with Crippen molar-refractivity contribution in [2.45, 2.75) is 59.5 Å². The molecule has 5 nitrogen and oxygen atoms in total. The highest BCUT2D eigenvalue weighted by Crippen LogP contribution is 2.20. The van der Waals surface area contributed by atoms with E-state index in [1.165, 1.54) is 7.11 Å². The third-order valence-corrected chi connectivity index (χ3v) is 2.68. The van der Waals surface area contributed by atoms with Gasteiger partial charge in [0.2, 0.25) is 5.91 Å². The predicted octanol–water partition coefficient (Wildman–Crippen LogP) is 1.88. The Labute approximate surface area is 128 Å². The largest absolute Gasteiger partial charge is 0.467 e. The lowest BCUT2D eigenvalue weighted by atomic mass is 9.88. The fourth-order valence-electron chi connectivity index (χ4n) is 1.86. The van der Waals surface area contributed by atoms with E-state index in [1.807, 2.05) is 34.6 Å². The van der Waals surface area contributed by atoms with E-state index in [9.17, 15) is 9.59 Å². The zero-order valence-corrected chi connectivity index (χ0v) is 14.2. The van der Waals surface area contributed by atoms with Gasteiger partial charge in [-0.25, -0.2) is 4.79 Å². The lowest BCUT2D eigenvalue weighted by Gasteiger charge is -2.25. The molecule has 0 saturated carbocycles. The van der Waals surface area contributed by atoms with Crippen LogP contribution in [-0.2, 0) is 14.3 Å². The van der Waals surface area contributed by atoms with Crippen molar-refractivity contribution in [1.82, 2.24) is 5.32 Å². The van der Waals surface area contributed by atoms with E-state index < -0.39 is 18.1 Å². The summed E-state index contributed by atoms with van der Waals surface area (Å²) >= 11 is 0. The van der Waals surface area contributed by atoms with Crippen LogP contribution in [0, 0.1) is 11.3 Å². The maximum absolute atomic E-state index is 12.0. The molecule has 0 fully saturated rings. The number of rotatable bonds is 6. The van der Waals surface area contributed by atoms with Crippen molar-refractivity contribution in [3.8, 4) is 0 Å². The van der Waals surface area contributed by atoms with Gasteiger partial charge in [-0.05, 0) is 24.2 Å². The molecule has 6 heteroatoms. The van der Waals surface area contributed by atoms with Gasteiger partial charge in [0, 0.05) is 0 Å². The Morgan fingerprint density at radius 1 is 1.25 bits per heavy atom. The number of halogens is 1. The van der Waals surface area contributed by atoms with E-state index in [-0.39, 0.29) is 29.6 Å². The van der Waals surface area contributed by atoms with Crippen LogP contribution in [0.15, 0.2) is 0 Å². The molecule has 2 unspecified atom stereocenters. The van der Waals surface area contributed by atoms with Crippen LogP contribution >= 0.6 is 12.4 Å².